The van der Waals surface area contributed by atoms with E-state index in [9.17, 15) is 9.59 Å². The van der Waals surface area contributed by atoms with Crippen LogP contribution in [0.2, 0.25) is 5.02 Å². The third kappa shape index (κ3) is 4.09. The number of rotatable bonds is 6. The number of amides is 2. The lowest BCUT2D eigenvalue weighted by Crippen LogP contribution is -2.25. The molecule has 1 aliphatic rings. The van der Waals surface area contributed by atoms with Crippen LogP contribution in [0.5, 0.6) is 11.5 Å². The van der Waals surface area contributed by atoms with Crippen molar-refractivity contribution in [1.82, 2.24) is 5.32 Å². The number of nitrogens with zero attached hydrogens (tertiary/aromatic N) is 1. The van der Waals surface area contributed by atoms with Crippen molar-refractivity contribution in [3.05, 3.63) is 52.5 Å². The Morgan fingerprint density at radius 3 is 2.74 bits per heavy atom. The predicted octanol–water partition coefficient (Wildman–Crippen LogP) is 3.24. The van der Waals surface area contributed by atoms with Crippen LogP contribution in [-0.2, 0) is 11.3 Å². The zero-order valence-electron chi connectivity index (χ0n) is 15.0. The average Bonchev–Trinajstić information content (AvgIpc) is 3.11. The number of methoxy groups -OCH3 is 2. The molecule has 0 atom stereocenters. The quantitative estimate of drug-likeness (QED) is 0.819. The molecule has 1 fully saturated rings. The number of carbonyl (C=O) groups is 2. The van der Waals surface area contributed by atoms with Gasteiger partial charge in [-0.25, -0.2) is 4.79 Å². The Bertz CT molecular complexity index is 871. The highest BCUT2D eigenvalue weighted by Gasteiger charge is 2.23. The van der Waals surface area contributed by atoms with Crippen LogP contribution < -0.4 is 19.7 Å². The second-order valence-corrected chi connectivity index (χ2v) is 6.22. The van der Waals surface area contributed by atoms with Crippen LogP contribution in [0, 0.1) is 0 Å². The fourth-order valence-electron chi connectivity index (χ4n) is 2.80. The number of halogens is 1. The summed E-state index contributed by atoms with van der Waals surface area (Å²) in [4.78, 5) is 25.7. The molecule has 0 spiro atoms. The van der Waals surface area contributed by atoms with Crippen LogP contribution in [0.4, 0.5) is 10.5 Å². The number of ether oxygens (including phenoxy) is 3. The van der Waals surface area contributed by atoms with Gasteiger partial charge >= 0.3 is 6.09 Å². The molecule has 2 amide bonds. The van der Waals surface area contributed by atoms with E-state index in [0.717, 1.165) is 11.3 Å². The summed E-state index contributed by atoms with van der Waals surface area (Å²) in [6, 6.07) is 10.5. The number of hydrogen-bond donors (Lipinski definition) is 1. The lowest BCUT2D eigenvalue weighted by molar-refractivity contribution is 0.0950. The lowest BCUT2D eigenvalue weighted by Gasteiger charge is -2.14. The molecule has 0 aliphatic carbocycles. The molecule has 1 aliphatic heterocycles. The summed E-state index contributed by atoms with van der Waals surface area (Å²) in [7, 11) is 2.96. The first-order valence-electron chi connectivity index (χ1n) is 8.26. The Balaban J connectivity index is 1.71. The van der Waals surface area contributed by atoms with Crippen molar-refractivity contribution in [2.45, 2.75) is 6.54 Å². The van der Waals surface area contributed by atoms with Crippen LogP contribution in [0.1, 0.15) is 15.9 Å². The van der Waals surface area contributed by atoms with Crippen molar-refractivity contribution in [1.29, 1.82) is 0 Å². The SMILES string of the molecule is COc1cc(C(=O)NCc2cccc(N3CCOC3=O)c2)cc(Cl)c1OC. The Morgan fingerprint density at radius 1 is 1.26 bits per heavy atom. The number of benzene rings is 2. The average molecular weight is 391 g/mol. The maximum absolute atomic E-state index is 12.5. The van der Waals surface area contributed by atoms with Crippen molar-refractivity contribution in [3.63, 3.8) is 0 Å². The molecular weight excluding hydrogens is 372 g/mol. The zero-order chi connectivity index (χ0) is 19.4. The highest BCUT2D eigenvalue weighted by Crippen LogP contribution is 2.36. The molecule has 142 valence electrons. The Kier molecular flexibility index (Phi) is 5.71. The molecule has 1 N–H and O–H groups in total. The molecule has 0 saturated carbocycles. The minimum absolute atomic E-state index is 0.288. The summed E-state index contributed by atoms with van der Waals surface area (Å²) in [5.74, 6) is 0.453. The van der Waals surface area contributed by atoms with E-state index in [0.29, 0.717) is 36.8 Å². The molecule has 0 radical (unpaired) electrons. The highest BCUT2D eigenvalue weighted by molar-refractivity contribution is 6.32. The van der Waals surface area contributed by atoms with Crippen LogP contribution in [0.3, 0.4) is 0 Å². The smallest absolute Gasteiger partial charge is 0.414 e. The molecule has 27 heavy (non-hydrogen) atoms. The molecular formula is C19H19ClN2O5. The van der Waals surface area contributed by atoms with Gasteiger partial charge in [-0.1, -0.05) is 23.7 Å². The molecule has 7 nitrogen and oxygen atoms in total. The van der Waals surface area contributed by atoms with Crippen molar-refractivity contribution in [3.8, 4) is 11.5 Å². The van der Waals surface area contributed by atoms with Gasteiger partial charge in [0.15, 0.2) is 11.5 Å². The minimum atomic E-state index is -0.365. The molecule has 2 aromatic rings. The first-order valence-corrected chi connectivity index (χ1v) is 8.64. The minimum Gasteiger partial charge on any atom is -0.493 e. The summed E-state index contributed by atoms with van der Waals surface area (Å²) in [5, 5.41) is 3.12. The Labute approximate surface area is 161 Å². The molecule has 2 aromatic carbocycles. The van der Waals surface area contributed by atoms with Gasteiger partial charge in [-0.05, 0) is 29.8 Å². The first-order chi connectivity index (χ1) is 13.0. The van der Waals surface area contributed by atoms with Crippen LogP contribution >= 0.6 is 11.6 Å². The second kappa shape index (κ2) is 8.18. The van der Waals surface area contributed by atoms with Crippen molar-refractivity contribution in [2.75, 3.05) is 32.3 Å². The van der Waals surface area contributed by atoms with E-state index >= 15 is 0 Å². The fourth-order valence-corrected chi connectivity index (χ4v) is 3.08. The Hall–Kier alpha value is -2.93. The van der Waals surface area contributed by atoms with E-state index in [1.165, 1.54) is 20.3 Å². The lowest BCUT2D eigenvalue weighted by atomic mass is 10.1. The third-order valence-corrected chi connectivity index (χ3v) is 4.41. The topological polar surface area (TPSA) is 77.1 Å². The molecule has 0 aromatic heterocycles. The van der Waals surface area contributed by atoms with Gasteiger partial charge in [-0.2, -0.15) is 0 Å². The number of carbonyl (C=O) groups excluding carboxylic acids is 2. The van der Waals surface area contributed by atoms with E-state index in [4.69, 9.17) is 25.8 Å². The second-order valence-electron chi connectivity index (χ2n) is 5.81. The maximum atomic E-state index is 12.5. The van der Waals surface area contributed by atoms with Crippen molar-refractivity contribution >= 4 is 29.3 Å². The van der Waals surface area contributed by atoms with Gasteiger partial charge < -0.3 is 19.5 Å². The van der Waals surface area contributed by atoms with Gasteiger partial charge in [0.1, 0.15) is 6.61 Å². The normalized spacial score (nSPS) is 13.3. The molecule has 3 rings (SSSR count). The number of anilines is 1. The summed E-state index contributed by atoms with van der Waals surface area (Å²) >= 11 is 6.15. The summed E-state index contributed by atoms with van der Waals surface area (Å²) in [6.07, 6.45) is -0.365. The summed E-state index contributed by atoms with van der Waals surface area (Å²) in [6.45, 7) is 1.18. The number of hydrogen-bond acceptors (Lipinski definition) is 5. The molecule has 8 heteroatoms. The van der Waals surface area contributed by atoms with Crippen LogP contribution in [0.15, 0.2) is 36.4 Å². The largest absolute Gasteiger partial charge is 0.493 e. The van der Waals surface area contributed by atoms with Gasteiger partial charge in [-0.3, -0.25) is 9.69 Å². The Morgan fingerprint density at radius 2 is 2.07 bits per heavy atom. The molecule has 0 bridgehead atoms. The van der Waals surface area contributed by atoms with E-state index in [2.05, 4.69) is 5.32 Å². The van der Waals surface area contributed by atoms with E-state index in [1.807, 2.05) is 24.3 Å². The monoisotopic (exact) mass is 390 g/mol. The summed E-state index contributed by atoms with van der Waals surface area (Å²) in [5.41, 5.74) is 1.95. The van der Waals surface area contributed by atoms with Crippen LogP contribution in [-0.4, -0.2) is 39.4 Å². The standard InChI is InChI=1S/C19H19ClN2O5/c1-25-16-10-13(9-15(20)17(16)26-2)18(23)21-11-12-4-3-5-14(8-12)22-6-7-27-19(22)24/h3-5,8-10H,6-7,11H2,1-2H3,(H,21,23). The first kappa shape index (κ1) is 18.8. The number of nitrogens with one attached hydrogen (secondary N) is 1. The number of cyclic esters (lactones) is 1. The third-order valence-electron chi connectivity index (χ3n) is 4.13. The van der Waals surface area contributed by atoms with E-state index in [1.54, 1.807) is 11.0 Å². The van der Waals surface area contributed by atoms with Crippen LogP contribution in [0.25, 0.3) is 0 Å². The molecule has 0 unspecified atom stereocenters. The van der Waals surface area contributed by atoms with Gasteiger partial charge in [0.05, 0.1) is 25.8 Å². The summed E-state index contributed by atoms with van der Waals surface area (Å²) < 4.78 is 15.3. The fraction of sp³-hybridized carbons (Fsp3) is 0.263. The van der Waals surface area contributed by atoms with Gasteiger partial charge in [0.25, 0.3) is 5.91 Å². The molecule has 1 heterocycles. The van der Waals surface area contributed by atoms with Crippen molar-refractivity contribution in [2.24, 2.45) is 0 Å². The highest BCUT2D eigenvalue weighted by atomic mass is 35.5. The van der Waals surface area contributed by atoms with E-state index < -0.39 is 0 Å². The van der Waals surface area contributed by atoms with E-state index in [-0.39, 0.29) is 17.0 Å². The maximum Gasteiger partial charge on any atom is 0.414 e. The predicted molar refractivity (Wildman–Crippen MR) is 101 cm³/mol. The zero-order valence-corrected chi connectivity index (χ0v) is 15.7. The molecule has 1 saturated heterocycles. The van der Waals surface area contributed by atoms with Gasteiger partial charge in [0, 0.05) is 17.8 Å². The van der Waals surface area contributed by atoms with Gasteiger partial charge in [0.2, 0.25) is 0 Å². The van der Waals surface area contributed by atoms with Crippen molar-refractivity contribution < 1.29 is 23.8 Å². The van der Waals surface area contributed by atoms with Gasteiger partial charge in [-0.15, -0.1) is 0 Å².